The lowest BCUT2D eigenvalue weighted by Crippen LogP contribution is -2.32. The number of methoxy groups -OCH3 is 1. The molecule has 6 heteroatoms. The Balaban J connectivity index is 2.72. The minimum Gasteiger partial charge on any atom is -0.496 e. The highest BCUT2D eigenvalue weighted by Gasteiger charge is 2.13. The van der Waals surface area contributed by atoms with Crippen molar-refractivity contribution in [2.45, 2.75) is 12.8 Å². The molecular weight excluding hydrogens is 272 g/mol. The number of carboxylic acids is 1. The normalized spacial score (nSPS) is 9.81. The molecule has 0 atom stereocenters. The van der Waals surface area contributed by atoms with Gasteiger partial charge in [0.2, 0.25) is 0 Å². The van der Waals surface area contributed by atoms with Crippen LogP contribution in [0, 0.1) is 0 Å². The fraction of sp³-hybridized carbons (Fsp3) is 0.333. The van der Waals surface area contributed by atoms with Crippen LogP contribution in [0.2, 0.25) is 0 Å². The van der Waals surface area contributed by atoms with Crippen LogP contribution in [0.1, 0.15) is 23.2 Å². The van der Waals surface area contributed by atoms with Crippen molar-refractivity contribution in [1.82, 2.24) is 4.90 Å². The summed E-state index contributed by atoms with van der Waals surface area (Å²) >= 11 is 0. The minimum absolute atomic E-state index is 0.0508. The van der Waals surface area contributed by atoms with E-state index in [2.05, 4.69) is 11.9 Å². The maximum Gasteiger partial charge on any atom is 0.339 e. The zero-order chi connectivity index (χ0) is 15.8. The summed E-state index contributed by atoms with van der Waals surface area (Å²) in [6, 6.07) is 4.15. The Hall–Kier alpha value is -2.50. The van der Waals surface area contributed by atoms with Crippen LogP contribution in [0.3, 0.4) is 0 Å². The third-order valence-corrected chi connectivity index (χ3v) is 2.93. The Morgan fingerprint density at radius 3 is 2.76 bits per heavy atom. The van der Waals surface area contributed by atoms with E-state index in [1.54, 1.807) is 18.0 Å². The first-order valence-electron chi connectivity index (χ1n) is 6.54. The lowest BCUT2D eigenvalue weighted by molar-refractivity contribution is 0.0693. The van der Waals surface area contributed by atoms with Gasteiger partial charge in [-0.15, -0.1) is 6.58 Å². The van der Waals surface area contributed by atoms with Crippen LogP contribution < -0.4 is 10.1 Å². The highest BCUT2D eigenvalue weighted by Crippen LogP contribution is 2.23. The highest BCUT2D eigenvalue weighted by molar-refractivity contribution is 5.94. The molecule has 0 spiro atoms. The number of anilines is 1. The van der Waals surface area contributed by atoms with E-state index in [0.717, 1.165) is 12.8 Å². The molecule has 1 aromatic rings. The number of nitrogens with one attached hydrogen (secondary N) is 1. The number of hydrogen-bond acceptors (Lipinski definition) is 3. The second kappa shape index (κ2) is 7.94. The van der Waals surface area contributed by atoms with Gasteiger partial charge in [-0.1, -0.05) is 6.08 Å². The van der Waals surface area contributed by atoms with E-state index in [9.17, 15) is 9.59 Å². The van der Waals surface area contributed by atoms with E-state index in [1.807, 2.05) is 0 Å². The molecule has 0 aliphatic rings. The number of aromatic carboxylic acids is 1. The first-order chi connectivity index (χ1) is 9.99. The maximum absolute atomic E-state index is 12.0. The van der Waals surface area contributed by atoms with E-state index in [0.29, 0.717) is 12.2 Å². The van der Waals surface area contributed by atoms with Crippen LogP contribution in [0.4, 0.5) is 10.5 Å². The van der Waals surface area contributed by atoms with Crippen molar-refractivity contribution in [2.24, 2.45) is 0 Å². The fourth-order valence-corrected chi connectivity index (χ4v) is 1.74. The molecule has 2 N–H and O–H groups in total. The van der Waals surface area contributed by atoms with Gasteiger partial charge in [-0.3, -0.25) is 0 Å². The van der Waals surface area contributed by atoms with Crippen molar-refractivity contribution < 1.29 is 19.4 Å². The fourth-order valence-electron chi connectivity index (χ4n) is 1.74. The minimum atomic E-state index is -1.08. The molecule has 0 radical (unpaired) electrons. The van der Waals surface area contributed by atoms with Crippen LogP contribution in [0.15, 0.2) is 30.9 Å². The molecular formula is C15H20N2O4. The van der Waals surface area contributed by atoms with E-state index in [1.165, 1.54) is 25.3 Å². The van der Waals surface area contributed by atoms with Gasteiger partial charge in [0.15, 0.2) is 0 Å². The quantitative estimate of drug-likeness (QED) is 0.598. The Labute approximate surface area is 124 Å². The van der Waals surface area contributed by atoms with Gasteiger partial charge >= 0.3 is 12.0 Å². The van der Waals surface area contributed by atoms with Gasteiger partial charge in [0, 0.05) is 25.3 Å². The summed E-state index contributed by atoms with van der Waals surface area (Å²) in [5, 5.41) is 11.7. The third kappa shape index (κ3) is 4.83. The molecule has 0 aliphatic heterocycles. The standard InChI is InChI=1S/C15H20N2O4/c1-4-5-6-9-17(2)15(20)16-11-7-8-12(14(18)19)13(10-11)21-3/h4,7-8,10H,1,5-6,9H2,2-3H3,(H,16,20)(H,18,19). The van der Waals surface area contributed by atoms with Gasteiger partial charge in [-0.25, -0.2) is 9.59 Å². The molecule has 21 heavy (non-hydrogen) atoms. The van der Waals surface area contributed by atoms with Crippen molar-refractivity contribution in [3.63, 3.8) is 0 Å². The first-order valence-corrected chi connectivity index (χ1v) is 6.54. The summed E-state index contributed by atoms with van der Waals surface area (Å²) in [6.07, 6.45) is 3.49. The predicted molar refractivity (Wildman–Crippen MR) is 81.0 cm³/mol. The Morgan fingerprint density at radius 2 is 2.19 bits per heavy atom. The topological polar surface area (TPSA) is 78.9 Å². The second-order valence-electron chi connectivity index (χ2n) is 4.50. The van der Waals surface area contributed by atoms with Crippen LogP contribution in [0.25, 0.3) is 0 Å². The van der Waals surface area contributed by atoms with Crippen molar-refractivity contribution in [2.75, 3.05) is 26.0 Å². The maximum atomic E-state index is 12.0. The lowest BCUT2D eigenvalue weighted by atomic mass is 10.2. The van der Waals surface area contributed by atoms with Gasteiger partial charge in [-0.2, -0.15) is 0 Å². The molecule has 0 saturated carbocycles. The number of hydrogen-bond donors (Lipinski definition) is 2. The number of carbonyl (C=O) groups excluding carboxylic acids is 1. The van der Waals surface area contributed by atoms with Crippen LogP contribution >= 0.6 is 0 Å². The van der Waals surface area contributed by atoms with E-state index >= 15 is 0 Å². The van der Waals surface area contributed by atoms with Crippen molar-refractivity contribution >= 4 is 17.7 Å². The van der Waals surface area contributed by atoms with Gasteiger partial charge in [0.05, 0.1) is 7.11 Å². The molecule has 114 valence electrons. The summed E-state index contributed by atoms with van der Waals surface area (Å²) < 4.78 is 5.01. The van der Waals surface area contributed by atoms with Crippen LogP contribution in [-0.4, -0.2) is 42.7 Å². The summed E-state index contributed by atoms with van der Waals surface area (Å²) in [7, 11) is 3.08. The Morgan fingerprint density at radius 1 is 1.48 bits per heavy atom. The van der Waals surface area contributed by atoms with Gasteiger partial charge in [-0.05, 0) is 25.0 Å². The number of carboxylic acid groups (broad SMARTS) is 1. The average Bonchev–Trinajstić information content (AvgIpc) is 2.46. The Kier molecular flexibility index (Phi) is 6.26. The molecule has 1 aromatic carbocycles. The number of benzene rings is 1. The predicted octanol–water partition coefficient (Wildman–Crippen LogP) is 2.82. The smallest absolute Gasteiger partial charge is 0.339 e. The van der Waals surface area contributed by atoms with E-state index in [-0.39, 0.29) is 17.3 Å². The number of nitrogens with zero attached hydrogens (tertiary/aromatic N) is 1. The molecule has 0 heterocycles. The van der Waals surface area contributed by atoms with Crippen molar-refractivity contribution in [3.05, 3.63) is 36.4 Å². The van der Waals surface area contributed by atoms with Crippen molar-refractivity contribution in [1.29, 1.82) is 0 Å². The van der Waals surface area contributed by atoms with Crippen LogP contribution in [0.5, 0.6) is 5.75 Å². The molecule has 0 aromatic heterocycles. The van der Waals surface area contributed by atoms with E-state index in [4.69, 9.17) is 9.84 Å². The number of ether oxygens (including phenoxy) is 1. The molecule has 6 nitrogen and oxygen atoms in total. The lowest BCUT2D eigenvalue weighted by Gasteiger charge is -2.18. The zero-order valence-corrected chi connectivity index (χ0v) is 12.3. The molecule has 0 fully saturated rings. The van der Waals surface area contributed by atoms with Crippen molar-refractivity contribution in [3.8, 4) is 5.75 Å². The number of rotatable bonds is 7. The van der Waals surface area contributed by atoms with E-state index < -0.39 is 5.97 Å². The number of amides is 2. The molecule has 0 saturated heterocycles. The Bertz CT molecular complexity index is 528. The zero-order valence-electron chi connectivity index (χ0n) is 12.3. The largest absolute Gasteiger partial charge is 0.496 e. The molecule has 0 bridgehead atoms. The summed E-state index contributed by atoms with van der Waals surface area (Å²) in [5.74, 6) is -0.874. The summed E-state index contributed by atoms with van der Waals surface area (Å²) in [5.41, 5.74) is 0.534. The number of urea groups is 1. The van der Waals surface area contributed by atoms with Gasteiger partial charge in [0.1, 0.15) is 11.3 Å². The molecule has 2 amide bonds. The summed E-state index contributed by atoms with van der Waals surface area (Å²) in [4.78, 5) is 24.5. The number of allylic oxidation sites excluding steroid dienone is 1. The SMILES string of the molecule is C=CCCCN(C)C(=O)Nc1ccc(C(=O)O)c(OC)c1. The first kappa shape index (κ1) is 16.6. The average molecular weight is 292 g/mol. The van der Waals surface area contributed by atoms with Crippen LogP contribution in [-0.2, 0) is 0 Å². The van der Waals surface area contributed by atoms with Gasteiger partial charge < -0.3 is 20.1 Å². The number of unbranched alkanes of at least 4 members (excludes halogenated alkanes) is 1. The van der Waals surface area contributed by atoms with Gasteiger partial charge in [0.25, 0.3) is 0 Å². The molecule has 1 rings (SSSR count). The monoisotopic (exact) mass is 292 g/mol. The molecule has 0 unspecified atom stereocenters. The summed E-state index contributed by atoms with van der Waals surface area (Å²) in [6.45, 7) is 4.24. The second-order valence-corrected chi connectivity index (χ2v) is 4.50. The highest BCUT2D eigenvalue weighted by atomic mass is 16.5. The number of carbonyl (C=O) groups is 2. The third-order valence-electron chi connectivity index (χ3n) is 2.93. The molecule has 0 aliphatic carbocycles.